The highest BCUT2D eigenvalue weighted by Crippen LogP contribution is 2.36. The molecule has 0 aliphatic carbocycles. The summed E-state index contributed by atoms with van der Waals surface area (Å²) in [7, 11) is 0. The predicted molar refractivity (Wildman–Crippen MR) is 159 cm³/mol. The standard InChI is InChI=1S/C30H37N7O2S/c1-4-11-25-26(12-5-2)37(34-33-25)39-18-10-15-28(38)35-16-17-36(27(20-35)22-13-8-7-9-14-22)29-24-19-23(6-3)40-30(24)32-21-31-29/h4-5,7-9,11-14,19,21,25-27H,6,10,15-18,20H2,1-3H3/b11-4-,12-5-. The average Bonchev–Trinajstić information content (AvgIpc) is 3.59. The number of rotatable bonds is 10. The molecule has 3 atom stereocenters. The fourth-order valence-electron chi connectivity index (χ4n) is 5.27. The Morgan fingerprint density at radius 3 is 2.73 bits per heavy atom. The number of carbonyl (C=O) groups excluding carboxylic acids is 1. The average molecular weight is 560 g/mol. The van der Waals surface area contributed by atoms with Crippen LogP contribution in [0.3, 0.4) is 0 Å². The van der Waals surface area contributed by atoms with Crippen LogP contribution in [0.4, 0.5) is 5.82 Å². The van der Waals surface area contributed by atoms with E-state index in [1.54, 1.807) is 22.8 Å². The second-order valence-electron chi connectivity index (χ2n) is 9.92. The van der Waals surface area contributed by atoms with Crippen LogP contribution in [0.25, 0.3) is 10.2 Å². The van der Waals surface area contributed by atoms with E-state index in [1.807, 2.05) is 49.1 Å². The maximum atomic E-state index is 13.3. The van der Waals surface area contributed by atoms with Crippen molar-refractivity contribution in [1.82, 2.24) is 20.0 Å². The van der Waals surface area contributed by atoms with Crippen LogP contribution in [0.5, 0.6) is 0 Å². The summed E-state index contributed by atoms with van der Waals surface area (Å²) in [6.45, 7) is 8.47. The number of aromatic nitrogens is 2. The van der Waals surface area contributed by atoms with Crippen LogP contribution in [0.15, 0.2) is 77.4 Å². The molecule has 0 saturated carbocycles. The third-order valence-corrected chi connectivity index (χ3v) is 8.50. The number of hydrogen-bond acceptors (Lipinski definition) is 9. The van der Waals surface area contributed by atoms with Gasteiger partial charge in [0.2, 0.25) is 5.91 Å². The number of allylic oxidation sites excluding steroid dienone is 2. The number of fused-ring (bicyclic) bond motifs is 1. The Labute approximate surface area is 239 Å². The first-order valence-electron chi connectivity index (χ1n) is 14.0. The van der Waals surface area contributed by atoms with Gasteiger partial charge in [-0.3, -0.25) is 9.63 Å². The third kappa shape index (κ3) is 6.08. The molecule has 40 heavy (non-hydrogen) atoms. The van der Waals surface area contributed by atoms with Crippen LogP contribution in [0.2, 0.25) is 0 Å². The number of amides is 1. The van der Waals surface area contributed by atoms with E-state index in [2.05, 4.69) is 57.5 Å². The number of aryl methyl sites for hydroxylation is 1. The van der Waals surface area contributed by atoms with Crippen LogP contribution in [-0.2, 0) is 16.1 Å². The van der Waals surface area contributed by atoms with E-state index in [4.69, 9.17) is 9.82 Å². The number of benzene rings is 1. The number of carbonyl (C=O) groups is 1. The van der Waals surface area contributed by atoms with Gasteiger partial charge in [-0.2, -0.15) is 5.11 Å². The summed E-state index contributed by atoms with van der Waals surface area (Å²) >= 11 is 1.73. The van der Waals surface area contributed by atoms with Gasteiger partial charge < -0.3 is 9.80 Å². The second-order valence-corrected chi connectivity index (χ2v) is 11.0. The van der Waals surface area contributed by atoms with Crippen molar-refractivity contribution in [2.45, 2.75) is 58.2 Å². The second kappa shape index (κ2) is 13.1. The minimum absolute atomic E-state index is 0.00776. The first-order chi connectivity index (χ1) is 19.6. The lowest BCUT2D eigenvalue weighted by Crippen LogP contribution is -2.51. The van der Waals surface area contributed by atoms with Gasteiger partial charge in [0.25, 0.3) is 0 Å². The highest BCUT2D eigenvalue weighted by Gasteiger charge is 2.33. The van der Waals surface area contributed by atoms with Gasteiger partial charge in [0, 0.05) is 30.9 Å². The molecule has 4 heterocycles. The summed E-state index contributed by atoms with van der Waals surface area (Å²) in [4.78, 5) is 35.1. The van der Waals surface area contributed by atoms with Gasteiger partial charge in [-0.15, -0.1) is 16.5 Å². The van der Waals surface area contributed by atoms with Crippen LogP contribution >= 0.6 is 11.3 Å². The van der Waals surface area contributed by atoms with E-state index in [-0.39, 0.29) is 24.0 Å². The Kier molecular flexibility index (Phi) is 9.18. The van der Waals surface area contributed by atoms with Crippen LogP contribution in [0.1, 0.15) is 50.1 Å². The molecular weight excluding hydrogens is 522 g/mol. The number of hydrogen-bond donors (Lipinski definition) is 0. The van der Waals surface area contributed by atoms with Crippen molar-refractivity contribution in [3.05, 3.63) is 77.5 Å². The summed E-state index contributed by atoms with van der Waals surface area (Å²) in [5, 5.41) is 11.1. The van der Waals surface area contributed by atoms with Gasteiger partial charge in [0.05, 0.1) is 18.0 Å². The van der Waals surface area contributed by atoms with Gasteiger partial charge in [-0.05, 0) is 43.5 Å². The molecule has 0 bridgehead atoms. The summed E-state index contributed by atoms with van der Waals surface area (Å²) in [5.41, 5.74) is 1.17. The van der Waals surface area contributed by atoms with Crippen molar-refractivity contribution in [3.63, 3.8) is 0 Å². The SMILES string of the molecule is C/C=C\C1N=NN(OCCCC(=O)N2CCN(c3ncnc4sc(CC)cc34)C(c3ccccc3)C2)C1/C=C\C. The largest absolute Gasteiger partial charge is 0.345 e. The fraction of sp³-hybridized carbons (Fsp3) is 0.433. The maximum absolute atomic E-state index is 13.3. The molecule has 0 N–H and O–H groups in total. The molecule has 1 aromatic carbocycles. The molecule has 2 aromatic heterocycles. The number of nitrogens with zero attached hydrogens (tertiary/aromatic N) is 7. The molecule has 1 saturated heterocycles. The first-order valence-corrected chi connectivity index (χ1v) is 14.9. The quantitative estimate of drug-likeness (QED) is 0.226. The van der Waals surface area contributed by atoms with E-state index in [1.165, 1.54) is 10.4 Å². The Bertz CT molecular complexity index is 1370. The van der Waals surface area contributed by atoms with Crippen molar-refractivity contribution in [3.8, 4) is 0 Å². The number of thiophene rings is 1. The van der Waals surface area contributed by atoms with Gasteiger partial charge in [0.1, 0.15) is 29.1 Å². The highest BCUT2D eigenvalue weighted by molar-refractivity contribution is 7.18. The molecule has 1 fully saturated rings. The Hall–Kier alpha value is -3.63. The molecule has 1 amide bonds. The smallest absolute Gasteiger partial charge is 0.222 e. The molecule has 0 radical (unpaired) electrons. The van der Waals surface area contributed by atoms with Gasteiger partial charge in [0.15, 0.2) is 0 Å². The normalized spacial score (nSPS) is 21.5. The lowest BCUT2D eigenvalue weighted by atomic mass is 10.0. The van der Waals surface area contributed by atoms with Crippen LogP contribution < -0.4 is 4.90 Å². The zero-order chi connectivity index (χ0) is 27.9. The van der Waals surface area contributed by atoms with Crippen molar-refractivity contribution in [2.75, 3.05) is 31.1 Å². The molecule has 10 heteroatoms. The van der Waals surface area contributed by atoms with E-state index in [9.17, 15) is 4.79 Å². The topological polar surface area (TPSA) is 86.5 Å². The van der Waals surface area contributed by atoms with E-state index < -0.39 is 0 Å². The minimum Gasteiger partial charge on any atom is -0.345 e. The fourth-order valence-corrected chi connectivity index (χ4v) is 6.20. The minimum atomic E-state index is -0.0681. The highest BCUT2D eigenvalue weighted by atomic mass is 32.1. The molecule has 0 spiro atoms. The van der Waals surface area contributed by atoms with E-state index in [0.29, 0.717) is 39.1 Å². The molecular formula is C30H37N7O2S. The van der Waals surface area contributed by atoms with Gasteiger partial charge >= 0.3 is 0 Å². The van der Waals surface area contributed by atoms with Crippen molar-refractivity contribution >= 4 is 33.3 Å². The summed E-state index contributed by atoms with van der Waals surface area (Å²) in [6, 6.07) is 12.5. The predicted octanol–water partition coefficient (Wildman–Crippen LogP) is 5.93. The molecule has 3 unspecified atom stereocenters. The zero-order valence-corrected chi connectivity index (χ0v) is 24.2. The van der Waals surface area contributed by atoms with Crippen molar-refractivity contribution in [2.24, 2.45) is 10.3 Å². The molecule has 9 nitrogen and oxygen atoms in total. The summed E-state index contributed by atoms with van der Waals surface area (Å²) in [6.07, 6.45) is 11.7. The van der Waals surface area contributed by atoms with E-state index >= 15 is 0 Å². The Balaban J connectivity index is 1.23. The first kappa shape index (κ1) is 27.9. The lowest BCUT2D eigenvalue weighted by molar-refractivity contribution is -0.171. The van der Waals surface area contributed by atoms with Gasteiger partial charge in [-0.1, -0.05) is 61.6 Å². The number of hydroxylamine groups is 1. The maximum Gasteiger partial charge on any atom is 0.222 e. The molecule has 210 valence electrons. The van der Waals surface area contributed by atoms with Crippen molar-refractivity contribution < 1.29 is 9.63 Å². The Morgan fingerprint density at radius 2 is 1.95 bits per heavy atom. The molecule has 3 aromatic rings. The van der Waals surface area contributed by atoms with Gasteiger partial charge in [-0.25, -0.2) is 9.97 Å². The lowest BCUT2D eigenvalue weighted by Gasteiger charge is -2.42. The number of anilines is 1. The summed E-state index contributed by atoms with van der Waals surface area (Å²) < 4.78 is 0. The molecule has 2 aliphatic rings. The monoisotopic (exact) mass is 559 g/mol. The van der Waals surface area contributed by atoms with Crippen molar-refractivity contribution in [1.29, 1.82) is 0 Å². The zero-order valence-electron chi connectivity index (χ0n) is 23.4. The molecule has 2 aliphatic heterocycles. The van der Waals surface area contributed by atoms with Crippen LogP contribution in [-0.4, -0.2) is 64.3 Å². The number of piperazine rings is 1. The Morgan fingerprint density at radius 1 is 1.12 bits per heavy atom. The third-order valence-electron chi connectivity index (χ3n) is 7.31. The van der Waals surface area contributed by atoms with Crippen LogP contribution in [0, 0.1) is 0 Å². The summed E-state index contributed by atoms with van der Waals surface area (Å²) in [5.74, 6) is 1.09. The molecule has 5 rings (SSSR count). The van der Waals surface area contributed by atoms with E-state index in [0.717, 1.165) is 22.5 Å².